The Morgan fingerprint density at radius 3 is 3.06 bits per heavy atom. The molecule has 0 heterocycles. The molecule has 94 valence electrons. The topological polar surface area (TPSA) is 12.0 Å². The van der Waals surface area contributed by atoms with E-state index >= 15 is 0 Å². The summed E-state index contributed by atoms with van der Waals surface area (Å²) in [5, 5.41) is 3.75. The van der Waals surface area contributed by atoms with Crippen molar-refractivity contribution < 1.29 is 0 Å². The molecule has 0 bridgehead atoms. The molecule has 1 aliphatic carbocycles. The minimum absolute atomic E-state index is 0.587. The molecule has 1 aromatic rings. The summed E-state index contributed by atoms with van der Waals surface area (Å²) in [5.41, 5.74) is 3.09. The van der Waals surface area contributed by atoms with E-state index < -0.39 is 0 Å². The molecule has 0 aromatic heterocycles. The van der Waals surface area contributed by atoms with Crippen LogP contribution in [0.4, 0.5) is 0 Å². The third-order valence-corrected chi connectivity index (χ3v) is 4.44. The Morgan fingerprint density at radius 2 is 2.24 bits per heavy atom. The first-order valence-corrected chi connectivity index (χ1v) is 8.00. The number of aryl methyl sites for hydroxylation is 1. The summed E-state index contributed by atoms with van der Waals surface area (Å²) >= 11 is 1.94. The average Bonchev–Trinajstić information content (AvgIpc) is 2.36. The van der Waals surface area contributed by atoms with E-state index in [9.17, 15) is 0 Å². The van der Waals surface area contributed by atoms with E-state index in [1.165, 1.54) is 30.6 Å². The van der Waals surface area contributed by atoms with Crippen molar-refractivity contribution in [1.82, 2.24) is 5.32 Å². The van der Waals surface area contributed by atoms with E-state index in [4.69, 9.17) is 0 Å². The van der Waals surface area contributed by atoms with Crippen LogP contribution in [-0.4, -0.2) is 18.6 Å². The summed E-state index contributed by atoms with van der Waals surface area (Å²) in [7, 11) is 0. The fourth-order valence-electron chi connectivity index (χ4n) is 2.65. The SMILES string of the molecule is CSCC(C)CNC1CCCc2ccccc21. The lowest BCUT2D eigenvalue weighted by Crippen LogP contribution is -2.29. The van der Waals surface area contributed by atoms with Gasteiger partial charge in [0.05, 0.1) is 0 Å². The van der Waals surface area contributed by atoms with Gasteiger partial charge in [-0.3, -0.25) is 0 Å². The molecule has 0 fully saturated rings. The van der Waals surface area contributed by atoms with Crippen molar-refractivity contribution in [1.29, 1.82) is 0 Å². The van der Waals surface area contributed by atoms with Crippen molar-refractivity contribution in [2.45, 2.75) is 32.2 Å². The number of rotatable bonds is 5. The molecule has 1 N–H and O–H groups in total. The highest BCUT2D eigenvalue weighted by atomic mass is 32.2. The molecule has 2 heteroatoms. The molecule has 17 heavy (non-hydrogen) atoms. The molecule has 2 rings (SSSR count). The second kappa shape index (κ2) is 6.46. The van der Waals surface area contributed by atoms with Gasteiger partial charge in [0.15, 0.2) is 0 Å². The van der Waals surface area contributed by atoms with Gasteiger partial charge in [0.2, 0.25) is 0 Å². The maximum absolute atomic E-state index is 3.75. The normalized spacial score (nSPS) is 20.9. The lowest BCUT2D eigenvalue weighted by Gasteiger charge is -2.27. The molecule has 2 atom stereocenters. The van der Waals surface area contributed by atoms with Crippen LogP contribution >= 0.6 is 11.8 Å². The molecule has 0 amide bonds. The highest BCUT2D eigenvalue weighted by Crippen LogP contribution is 2.29. The quantitative estimate of drug-likeness (QED) is 0.855. The molecule has 2 unspecified atom stereocenters. The fraction of sp³-hybridized carbons (Fsp3) is 0.600. The van der Waals surface area contributed by atoms with Crippen LogP contribution < -0.4 is 5.32 Å². The highest BCUT2D eigenvalue weighted by Gasteiger charge is 2.19. The van der Waals surface area contributed by atoms with Gasteiger partial charge in [-0.05, 0) is 54.9 Å². The van der Waals surface area contributed by atoms with E-state index in [2.05, 4.69) is 42.8 Å². The molecule has 1 nitrogen and oxygen atoms in total. The van der Waals surface area contributed by atoms with Crippen LogP contribution in [0.5, 0.6) is 0 Å². The van der Waals surface area contributed by atoms with Crippen LogP contribution in [0.1, 0.15) is 36.9 Å². The maximum Gasteiger partial charge on any atom is 0.0323 e. The highest BCUT2D eigenvalue weighted by molar-refractivity contribution is 7.98. The first-order valence-electron chi connectivity index (χ1n) is 6.61. The third kappa shape index (κ3) is 3.49. The molecular formula is C15H23NS. The lowest BCUT2D eigenvalue weighted by atomic mass is 9.87. The predicted molar refractivity (Wildman–Crippen MR) is 77.7 cm³/mol. The van der Waals surface area contributed by atoms with Crippen LogP contribution in [0.15, 0.2) is 24.3 Å². The summed E-state index contributed by atoms with van der Waals surface area (Å²) < 4.78 is 0. The van der Waals surface area contributed by atoms with Crippen molar-refractivity contribution in [3.8, 4) is 0 Å². The van der Waals surface area contributed by atoms with Gasteiger partial charge in [-0.25, -0.2) is 0 Å². The van der Waals surface area contributed by atoms with Crippen LogP contribution in [0.2, 0.25) is 0 Å². The smallest absolute Gasteiger partial charge is 0.0323 e. The molecule has 1 aromatic carbocycles. The Kier molecular flexibility index (Phi) is 4.93. The monoisotopic (exact) mass is 249 g/mol. The average molecular weight is 249 g/mol. The van der Waals surface area contributed by atoms with E-state index in [1.807, 2.05) is 11.8 Å². The Bertz CT molecular complexity index is 351. The van der Waals surface area contributed by atoms with Gasteiger partial charge in [-0.1, -0.05) is 31.2 Å². The van der Waals surface area contributed by atoms with Crippen LogP contribution in [0, 0.1) is 5.92 Å². The number of thioether (sulfide) groups is 1. The Balaban J connectivity index is 1.94. The van der Waals surface area contributed by atoms with Gasteiger partial charge >= 0.3 is 0 Å². The summed E-state index contributed by atoms with van der Waals surface area (Å²) in [6, 6.07) is 9.51. The van der Waals surface area contributed by atoms with Crippen molar-refractivity contribution >= 4 is 11.8 Å². The Labute approximate surface area is 109 Å². The first-order chi connectivity index (χ1) is 8.31. The van der Waals surface area contributed by atoms with Crippen LogP contribution in [0.25, 0.3) is 0 Å². The minimum atomic E-state index is 0.587. The van der Waals surface area contributed by atoms with Crippen molar-refractivity contribution in [3.05, 3.63) is 35.4 Å². The molecular weight excluding hydrogens is 226 g/mol. The van der Waals surface area contributed by atoms with E-state index in [1.54, 1.807) is 5.56 Å². The zero-order chi connectivity index (χ0) is 12.1. The first kappa shape index (κ1) is 13.0. The Morgan fingerprint density at radius 1 is 1.41 bits per heavy atom. The van der Waals surface area contributed by atoms with E-state index in [-0.39, 0.29) is 0 Å². The van der Waals surface area contributed by atoms with Crippen LogP contribution in [-0.2, 0) is 6.42 Å². The molecule has 0 saturated carbocycles. The molecule has 0 radical (unpaired) electrons. The van der Waals surface area contributed by atoms with Crippen molar-refractivity contribution in [2.75, 3.05) is 18.6 Å². The van der Waals surface area contributed by atoms with E-state index in [0.29, 0.717) is 6.04 Å². The van der Waals surface area contributed by atoms with Gasteiger partial charge in [-0.2, -0.15) is 11.8 Å². The van der Waals surface area contributed by atoms with Gasteiger partial charge < -0.3 is 5.32 Å². The number of benzene rings is 1. The second-order valence-corrected chi connectivity index (χ2v) is 6.02. The van der Waals surface area contributed by atoms with E-state index in [0.717, 1.165) is 12.5 Å². The number of hydrogen-bond donors (Lipinski definition) is 1. The standard InChI is InChI=1S/C15H23NS/c1-12(11-17-2)10-16-15-9-5-7-13-6-3-4-8-14(13)15/h3-4,6,8,12,15-16H,5,7,9-11H2,1-2H3. The third-order valence-electron chi connectivity index (χ3n) is 3.53. The van der Waals surface area contributed by atoms with Crippen molar-refractivity contribution in [2.24, 2.45) is 5.92 Å². The van der Waals surface area contributed by atoms with Crippen molar-refractivity contribution in [3.63, 3.8) is 0 Å². The Hall–Kier alpha value is -0.470. The molecule has 0 saturated heterocycles. The van der Waals surface area contributed by atoms with Crippen LogP contribution in [0.3, 0.4) is 0 Å². The lowest BCUT2D eigenvalue weighted by molar-refractivity contribution is 0.429. The van der Waals surface area contributed by atoms with Gasteiger partial charge in [-0.15, -0.1) is 0 Å². The zero-order valence-corrected chi connectivity index (χ0v) is 11.7. The fourth-order valence-corrected chi connectivity index (χ4v) is 3.34. The van der Waals surface area contributed by atoms with Gasteiger partial charge in [0.1, 0.15) is 0 Å². The number of fused-ring (bicyclic) bond motifs is 1. The summed E-state index contributed by atoms with van der Waals surface area (Å²) in [6.45, 7) is 3.47. The molecule has 0 aliphatic heterocycles. The minimum Gasteiger partial charge on any atom is -0.310 e. The summed E-state index contributed by atoms with van der Waals surface area (Å²) in [4.78, 5) is 0. The van der Waals surface area contributed by atoms with Gasteiger partial charge in [0.25, 0.3) is 0 Å². The zero-order valence-electron chi connectivity index (χ0n) is 10.9. The predicted octanol–water partition coefficient (Wildman–Crippen LogP) is 3.65. The summed E-state index contributed by atoms with van der Waals surface area (Å²) in [6.07, 6.45) is 6.07. The maximum atomic E-state index is 3.75. The number of nitrogens with one attached hydrogen (secondary N) is 1. The number of hydrogen-bond acceptors (Lipinski definition) is 2. The van der Waals surface area contributed by atoms with Gasteiger partial charge in [0, 0.05) is 6.04 Å². The summed E-state index contributed by atoms with van der Waals surface area (Å²) in [5.74, 6) is 2.01. The molecule has 0 spiro atoms. The largest absolute Gasteiger partial charge is 0.310 e. The second-order valence-electron chi connectivity index (χ2n) is 5.11. The molecule has 1 aliphatic rings.